The van der Waals surface area contributed by atoms with Crippen molar-refractivity contribution >= 4 is 28.9 Å². The number of aromatic nitrogens is 2. The minimum Gasteiger partial charge on any atom is -0.320 e. The highest BCUT2D eigenvalue weighted by molar-refractivity contribution is 6.29. The van der Waals surface area contributed by atoms with E-state index in [-0.39, 0.29) is 16.5 Å². The molecule has 0 unspecified atom stereocenters. The topological polar surface area (TPSA) is 98.0 Å². The molecule has 1 N–H and O–H groups in total. The Labute approximate surface area is 118 Å². The predicted molar refractivity (Wildman–Crippen MR) is 72.8 cm³/mol. The molecule has 1 aromatic heterocycles. The third-order valence-corrected chi connectivity index (χ3v) is 2.72. The van der Waals surface area contributed by atoms with E-state index < -0.39 is 10.8 Å². The molecule has 0 bridgehead atoms. The summed E-state index contributed by atoms with van der Waals surface area (Å²) in [5, 5.41) is 13.4. The van der Waals surface area contributed by atoms with Crippen LogP contribution in [0.3, 0.4) is 0 Å². The van der Waals surface area contributed by atoms with Crippen LogP contribution in [-0.2, 0) is 0 Å². The number of nitro benzene ring substituents is 1. The van der Waals surface area contributed by atoms with E-state index in [4.69, 9.17) is 11.6 Å². The summed E-state index contributed by atoms with van der Waals surface area (Å²) >= 11 is 5.58. The highest BCUT2D eigenvalue weighted by Crippen LogP contribution is 2.21. The molecule has 2 aromatic rings. The van der Waals surface area contributed by atoms with Crippen molar-refractivity contribution in [2.24, 2.45) is 0 Å². The maximum absolute atomic E-state index is 11.9. The third kappa shape index (κ3) is 3.07. The molecular weight excluding hydrogens is 284 g/mol. The molecule has 0 fully saturated rings. The number of benzene rings is 1. The predicted octanol–water partition coefficient (Wildman–Crippen LogP) is 2.60. The van der Waals surface area contributed by atoms with Gasteiger partial charge in [0.2, 0.25) is 0 Å². The van der Waals surface area contributed by atoms with Crippen LogP contribution in [0.15, 0.2) is 30.6 Å². The van der Waals surface area contributed by atoms with Crippen molar-refractivity contribution in [2.45, 2.75) is 6.92 Å². The van der Waals surface area contributed by atoms with Crippen molar-refractivity contribution in [3.63, 3.8) is 0 Å². The molecule has 1 amide bonds. The van der Waals surface area contributed by atoms with Crippen molar-refractivity contribution in [1.82, 2.24) is 9.97 Å². The highest BCUT2D eigenvalue weighted by Gasteiger charge is 2.12. The van der Waals surface area contributed by atoms with E-state index in [0.29, 0.717) is 11.3 Å². The summed E-state index contributed by atoms with van der Waals surface area (Å²) in [5.41, 5.74) is 1.12. The first kappa shape index (κ1) is 13.9. The van der Waals surface area contributed by atoms with Crippen LogP contribution < -0.4 is 5.32 Å². The van der Waals surface area contributed by atoms with Gasteiger partial charge in [0.1, 0.15) is 10.8 Å². The number of nitrogens with zero attached hydrogens (tertiary/aromatic N) is 3. The molecule has 20 heavy (non-hydrogen) atoms. The van der Waals surface area contributed by atoms with Crippen LogP contribution in [0.5, 0.6) is 0 Å². The number of anilines is 1. The number of aryl methyl sites for hydroxylation is 1. The van der Waals surface area contributed by atoms with Gasteiger partial charge in [0.25, 0.3) is 11.6 Å². The van der Waals surface area contributed by atoms with Crippen LogP contribution in [0.1, 0.15) is 16.1 Å². The maximum Gasteiger partial charge on any atom is 0.275 e. The molecular formula is C12H9ClN4O3. The standard InChI is InChI=1S/C12H9ClN4O3/c1-7-4-8(17(19)20)2-3-9(7)16-12(18)10-5-15-11(13)6-14-10/h2-6H,1H3,(H,16,18). The summed E-state index contributed by atoms with van der Waals surface area (Å²) in [6.07, 6.45) is 2.51. The zero-order valence-corrected chi connectivity index (χ0v) is 11.1. The lowest BCUT2D eigenvalue weighted by Crippen LogP contribution is -2.14. The quantitative estimate of drug-likeness (QED) is 0.692. The molecule has 102 valence electrons. The molecule has 0 atom stereocenters. The van der Waals surface area contributed by atoms with E-state index >= 15 is 0 Å². The largest absolute Gasteiger partial charge is 0.320 e. The second-order valence-corrected chi connectivity index (χ2v) is 4.32. The summed E-state index contributed by atoms with van der Waals surface area (Å²) in [6.45, 7) is 1.66. The Morgan fingerprint density at radius 2 is 2.10 bits per heavy atom. The Morgan fingerprint density at radius 1 is 1.35 bits per heavy atom. The van der Waals surface area contributed by atoms with Gasteiger partial charge in [0.05, 0.1) is 17.3 Å². The van der Waals surface area contributed by atoms with Crippen LogP contribution in [-0.4, -0.2) is 20.8 Å². The van der Waals surface area contributed by atoms with Gasteiger partial charge in [0.15, 0.2) is 0 Å². The van der Waals surface area contributed by atoms with Crippen LogP contribution in [0, 0.1) is 17.0 Å². The van der Waals surface area contributed by atoms with E-state index in [2.05, 4.69) is 15.3 Å². The summed E-state index contributed by atoms with van der Waals surface area (Å²) < 4.78 is 0. The van der Waals surface area contributed by atoms with Gasteiger partial charge in [-0.1, -0.05) is 11.6 Å². The van der Waals surface area contributed by atoms with Crippen LogP contribution in [0.25, 0.3) is 0 Å². The van der Waals surface area contributed by atoms with Gasteiger partial charge in [-0.05, 0) is 18.6 Å². The molecule has 0 spiro atoms. The number of hydrogen-bond donors (Lipinski definition) is 1. The lowest BCUT2D eigenvalue weighted by Gasteiger charge is -2.07. The van der Waals surface area contributed by atoms with Gasteiger partial charge in [0, 0.05) is 17.8 Å². The number of non-ortho nitro benzene ring substituents is 1. The van der Waals surface area contributed by atoms with Crippen LogP contribution in [0.2, 0.25) is 5.15 Å². The maximum atomic E-state index is 11.9. The number of nitro groups is 1. The number of nitrogens with one attached hydrogen (secondary N) is 1. The number of rotatable bonds is 3. The first-order valence-corrected chi connectivity index (χ1v) is 5.89. The van der Waals surface area contributed by atoms with E-state index in [1.165, 1.54) is 30.6 Å². The first-order chi connectivity index (χ1) is 9.47. The third-order valence-electron chi connectivity index (χ3n) is 2.52. The lowest BCUT2D eigenvalue weighted by molar-refractivity contribution is -0.384. The number of halogens is 1. The van der Waals surface area contributed by atoms with Crippen molar-refractivity contribution in [1.29, 1.82) is 0 Å². The average molecular weight is 293 g/mol. The van der Waals surface area contributed by atoms with Crippen molar-refractivity contribution in [2.75, 3.05) is 5.32 Å². The van der Waals surface area contributed by atoms with Crippen molar-refractivity contribution in [3.05, 3.63) is 57.1 Å². The summed E-state index contributed by atoms with van der Waals surface area (Å²) in [6, 6.07) is 4.16. The average Bonchev–Trinajstić information content (AvgIpc) is 2.41. The van der Waals surface area contributed by atoms with Crippen molar-refractivity contribution < 1.29 is 9.72 Å². The monoisotopic (exact) mass is 292 g/mol. The molecule has 0 aliphatic carbocycles. The molecule has 1 aromatic carbocycles. The lowest BCUT2D eigenvalue weighted by atomic mass is 10.1. The molecule has 0 aliphatic rings. The molecule has 0 saturated carbocycles. The second kappa shape index (κ2) is 5.62. The Kier molecular flexibility index (Phi) is 3.90. The minimum atomic E-state index is -0.497. The van der Waals surface area contributed by atoms with E-state index in [1.807, 2.05) is 0 Å². The smallest absolute Gasteiger partial charge is 0.275 e. The Morgan fingerprint density at radius 3 is 2.65 bits per heavy atom. The molecule has 1 heterocycles. The van der Waals surface area contributed by atoms with E-state index in [1.54, 1.807) is 6.92 Å². The van der Waals surface area contributed by atoms with E-state index in [9.17, 15) is 14.9 Å². The highest BCUT2D eigenvalue weighted by atomic mass is 35.5. The number of amides is 1. The normalized spacial score (nSPS) is 10.1. The molecule has 0 aliphatic heterocycles. The summed E-state index contributed by atoms with van der Waals surface area (Å²) in [5.74, 6) is -0.467. The van der Waals surface area contributed by atoms with Gasteiger partial charge < -0.3 is 5.32 Å². The van der Waals surface area contributed by atoms with Gasteiger partial charge in [-0.15, -0.1) is 0 Å². The SMILES string of the molecule is Cc1cc([N+](=O)[O-])ccc1NC(=O)c1cnc(Cl)cn1. The number of carbonyl (C=O) groups excluding carboxylic acids is 1. The van der Waals surface area contributed by atoms with Crippen LogP contribution in [0.4, 0.5) is 11.4 Å². The molecule has 0 saturated heterocycles. The fourth-order valence-corrected chi connectivity index (χ4v) is 1.62. The molecule has 0 radical (unpaired) electrons. The van der Waals surface area contributed by atoms with Gasteiger partial charge in [-0.25, -0.2) is 9.97 Å². The minimum absolute atomic E-state index is 0.0354. The zero-order valence-electron chi connectivity index (χ0n) is 10.3. The first-order valence-electron chi connectivity index (χ1n) is 5.51. The van der Waals surface area contributed by atoms with Crippen molar-refractivity contribution in [3.8, 4) is 0 Å². The van der Waals surface area contributed by atoms with E-state index in [0.717, 1.165) is 0 Å². The Bertz CT molecular complexity index is 673. The van der Waals surface area contributed by atoms with Crippen LogP contribution >= 0.6 is 11.6 Å². The zero-order chi connectivity index (χ0) is 14.7. The second-order valence-electron chi connectivity index (χ2n) is 3.93. The fourth-order valence-electron chi connectivity index (χ4n) is 1.52. The summed E-state index contributed by atoms with van der Waals surface area (Å²) in [7, 11) is 0. The Balaban J connectivity index is 2.19. The molecule has 7 nitrogen and oxygen atoms in total. The fraction of sp³-hybridized carbons (Fsp3) is 0.0833. The number of carbonyl (C=O) groups is 1. The molecule has 2 rings (SSSR count). The van der Waals surface area contributed by atoms with Gasteiger partial charge in [-0.3, -0.25) is 14.9 Å². The number of hydrogen-bond acceptors (Lipinski definition) is 5. The molecule has 8 heteroatoms. The summed E-state index contributed by atoms with van der Waals surface area (Å²) in [4.78, 5) is 29.6. The van der Waals surface area contributed by atoms with Gasteiger partial charge >= 0.3 is 0 Å². The van der Waals surface area contributed by atoms with Gasteiger partial charge in [-0.2, -0.15) is 0 Å². The Hall–Kier alpha value is -2.54.